The minimum absolute atomic E-state index is 0.0117. The lowest BCUT2D eigenvalue weighted by molar-refractivity contribution is -0.143. The van der Waals surface area contributed by atoms with Crippen LogP contribution in [-0.2, 0) is 9.53 Å². The van der Waals surface area contributed by atoms with E-state index in [1.54, 1.807) is 12.1 Å². The standard InChI is InChI=1S/C13H19ClN2O3/c1-16(2)7-6-15-12(13(18)19-3)9-4-5-11(17)10(14)8-9/h4-5,8,12,15,17H,6-7H2,1-3H3. The fraction of sp³-hybridized carbons (Fsp3) is 0.462. The van der Waals surface area contributed by atoms with E-state index < -0.39 is 6.04 Å². The minimum atomic E-state index is -0.594. The van der Waals surface area contributed by atoms with Gasteiger partial charge in [-0.15, -0.1) is 0 Å². The molecule has 1 atom stereocenters. The van der Waals surface area contributed by atoms with Crippen molar-refractivity contribution in [2.24, 2.45) is 0 Å². The van der Waals surface area contributed by atoms with Gasteiger partial charge in [-0.1, -0.05) is 17.7 Å². The summed E-state index contributed by atoms with van der Waals surface area (Å²) in [6.07, 6.45) is 0. The summed E-state index contributed by atoms with van der Waals surface area (Å²) in [5.74, 6) is -0.400. The Bertz CT molecular complexity index is 438. The number of rotatable bonds is 6. The van der Waals surface area contributed by atoms with E-state index in [1.807, 2.05) is 19.0 Å². The van der Waals surface area contributed by atoms with Crippen LogP contribution in [0.2, 0.25) is 5.02 Å². The second kappa shape index (κ2) is 7.33. The van der Waals surface area contributed by atoms with Gasteiger partial charge in [-0.05, 0) is 31.8 Å². The molecule has 0 spiro atoms. The maximum atomic E-state index is 11.8. The molecule has 0 aliphatic rings. The van der Waals surface area contributed by atoms with Crippen molar-refractivity contribution in [3.63, 3.8) is 0 Å². The van der Waals surface area contributed by atoms with Gasteiger partial charge in [0, 0.05) is 13.1 Å². The highest BCUT2D eigenvalue weighted by Crippen LogP contribution is 2.27. The molecule has 2 N–H and O–H groups in total. The van der Waals surface area contributed by atoms with Crippen LogP contribution in [0.1, 0.15) is 11.6 Å². The number of likely N-dealkylation sites (N-methyl/N-ethyl adjacent to an activating group) is 1. The Hall–Kier alpha value is -1.30. The highest BCUT2D eigenvalue weighted by molar-refractivity contribution is 6.32. The molecule has 0 aliphatic carbocycles. The third-order valence-corrected chi connectivity index (χ3v) is 2.95. The molecule has 19 heavy (non-hydrogen) atoms. The quantitative estimate of drug-likeness (QED) is 0.774. The summed E-state index contributed by atoms with van der Waals surface area (Å²) in [7, 11) is 5.24. The highest BCUT2D eigenvalue weighted by atomic mass is 35.5. The number of phenolic OH excluding ortho intramolecular Hbond substituents is 1. The lowest BCUT2D eigenvalue weighted by Crippen LogP contribution is -2.34. The monoisotopic (exact) mass is 286 g/mol. The number of halogens is 1. The summed E-state index contributed by atoms with van der Waals surface area (Å²) in [5.41, 5.74) is 0.661. The van der Waals surface area contributed by atoms with Crippen LogP contribution in [0.5, 0.6) is 5.75 Å². The third kappa shape index (κ3) is 4.70. The lowest BCUT2D eigenvalue weighted by Gasteiger charge is -2.18. The normalized spacial score (nSPS) is 12.5. The SMILES string of the molecule is COC(=O)C(NCCN(C)C)c1ccc(O)c(Cl)c1. The van der Waals surface area contributed by atoms with E-state index in [0.717, 1.165) is 6.54 Å². The zero-order valence-corrected chi connectivity index (χ0v) is 12.1. The molecule has 1 aromatic carbocycles. The summed E-state index contributed by atoms with van der Waals surface area (Å²) in [6.45, 7) is 1.42. The number of nitrogens with one attached hydrogen (secondary N) is 1. The molecule has 6 heteroatoms. The first kappa shape index (κ1) is 15.8. The molecule has 0 bridgehead atoms. The number of hydrogen-bond acceptors (Lipinski definition) is 5. The first-order valence-corrected chi connectivity index (χ1v) is 6.28. The molecule has 0 fully saturated rings. The molecule has 0 saturated carbocycles. The van der Waals surface area contributed by atoms with Gasteiger partial charge in [0.2, 0.25) is 0 Å². The van der Waals surface area contributed by atoms with Gasteiger partial charge < -0.3 is 14.7 Å². The average molecular weight is 287 g/mol. The van der Waals surface area contributed by atoms with Crippen molar-refractivity contribution in [2.75, 3.05) is 34.3 Å². The van der Waals surface area contributed by atoms with Gasteiger partial charge >= 0.3 is 5.97 Å². The molecule has 0 amide bonds. The van der Waals surface area contributed by atoms with Gasteiger partial charge in [-0.25, -0.2) is 4.79 Å². The second-order valence-electron chi connectivity index (χ2n) is 4.42. The Morgan fingerprint density at radius 1 is 1.53 bits per heavy atom. The molecule has 1 unspecified atom stereocenters. The summed E-state index contributed by atoms with van der Waals surface area (Å²) in [6, 6.07) is 4.07. The van der Waals surface area contributed by atoms with Crippen LogP contribution in [0.25, 0.3) is 0 Å². The van der Waals surface area contributed by atoms with E-state index in [9.17, 15) is 9.90 Å². The Balaban J connectivity index is 2.83. The number of methoxy groups -OCH3 is 1. The predicted molar refractivity (Wildman–Crippen MR) is 74.4 cm³/mol. The number of esters is 1. The average Bonchev–Trinajstić information content (AvgIpc) is 2.37. The van der Waals surface area contributed by atoms with Gasteiger partial charge in [-0.3, -0.25) is 5.32 Å². The van der Waals surface area contributed by atoms with Crippen molar-refractivity contribution in [3.8, 4) is 5.75 Å². The van der Waals surface area contributed by atoms with Crippen molar-refractivity contribution in [1.82, 2.24) is 10.2 Å². The zero-order chi connectivity index (χ0) is 14.4. The van der Waals surface area contributed by atoms with Gasteiger partial charge in [-0.2, -0.15) is 0 Å². The molecular formula is C13H19ClN2O3. The number of carbonyl (C=O) groups is 1. The van der Waals surface area contributed by atoms with E-state index in [4.69, 9.17) is 16.3 Å². The molecule has 5 nitrogen and oxygen atoms in total. The fourth-order valence-corrected chi connectivity index (χ4v) is 1.78. The van der Waals surface area contributed by atoms with Crippen molar-refractivity contribution in [1.29, 1.82) is 0 Å². The maximum Gasteiger partial charge on any atom is 0.327 e. The summed E-state index contributed by atoms with van der Waals surface area (Å²) in [4.78, 5) is 13.8. The molecule has 106 valence electrons. The van der Waals surface area contributed by atoms with Crippen molar-refractivity contribution in [3.05, 3.63) is 28.8 Å². The Kier molecular flexibility index (Phi) is 6.08. The highest BCUT2D eigenvalue weighted by Gasteiger charge is 2.21. The number of carbonyl (C=O) groups excluding carboxylic acids is 1. The van der Waals surface area contributed by atoms with Crippen LogP contribution in [0.15, 0.2) is 18.2 Å². The Labute approximate surface area is 118 Å². The molecule has 1 rings (SSSR count). The van der Waals surface area contributed by atoms with Crippen LogP contribution in [0, 0.1) is 0 Å². The number of aromatic hydroxyl groups is 1. The smallest absolute Gasteiger partial charge is 0.327 e. The van der Waals surface area contributed by atoms with Crippen molar-refractivity contribution in [2.45, 2.75) is 6.04 Å². The second-order valence-corrected chi connectivity index (χ2v) is 4.83. The lowest BCUT2D eigenvalue weighted by atomic mass is 10.1. The molecule has 0 heterocycles. The van der Waals surface area contributed by atoms with Crippen LogP contribution >= 0.6 is 11.6 Å². The van der Waals surface area contributed by atoms with E-state index in [1.165, 1.54) is 13.2 Å². The van der Waals surface area contributed by atoms with Crippen LogP contribution in [0.3, 0.4) is 0 Å². The maximum absolute atomic E-state index is 11.8. The number of nitrogens with zero attached hydrogens (tertiary/aromatic N) is 1. The largest absolute Gasteiger partial charge is 0.506 e. The van der Waals surface area contributed by atoms with Crippen molar-refractivity contribution >= 4 is 17.6 Å². The van der Waals surface area contributed by atoms with E-state index in [2.05, 4.69) is 5.32 Å². The molecule has 0 saturated heterocycles. The minimum Gasteiger partial charge on any atom is -0.506 e. The molecule has 1 aromatic rings. The molecule has 0 aliphatic heterocycles. The zero-order valence-electron chi connectivity index (χ0n) is 11.3. The number of benzene rings is 1. The van der Waals surface area contributed by atoms with Gasteiger partial charge in [0.1, 0.15) is 11.8 Å². The molecule has 0 radical (unpaired) electrons. The van der Waals surface area contributed by atoms with Gasteiger partial charge in [0.15, 0.2) is 0 Å². The number of ether oxygens (including phenoxy) is 1. The number of phenols is 1. The first-order chi connectivity index (χ1) is 8.95. The first-order valence-electron chi connectivity index (χ1n) is 5.90. The molecular weight excluding hydrogens is 268 g/mol. The third-order valence-electron chi connectivity index (χ3n) is 2.65. The topological polar surface area (TPSA) is 61.8 Å². The fourth-order valence-electron chi connectivity index (χ4n) is 1.59. The van der Waals surface area contributed by atoms with Gasteiger partial charge in [0.25, 0.3) is 0 Å². The van der Waals surface area contributed by atoms with Gasteiger partial charge in [0.05, 0.1) is 12.1 Å². The van der Waals surface area contributed by atoms with Crippen LogP contribution in [-0.4, -0.2) is 50.3 Å². The Morgan fingerprint density at radius 2 is 2.21 bits per heavy atom. The molecule has 0 aromatic heterocycles. The van der Waals surface area contributed by atoms with Crippen LogP contribution in [0.4, 0.5) is 0 Å². The Morgan fingerprint density at radius 3 is 2.74 bits per heavy atom. The summed E-state index contributed by atoms with van der Waals surface area (Å²) >= 11 is 5.85. The summed E-state index contributed by atoms with van der Waals surface area (Å²) < 4.78 is 4.77. The predicted octanol–water partition coefficient (Wildman–Crippen LogP) is 1.41. The van der Waals surface area contributed by atoms with E-state index >= 15 is 0 Å². The van der Waals surface area contributed by atoms with E-state index in [0.29, 0.717) is 12.1 Å². The summed E-state index contributed by atoms with van der Waals surface area (Å²) in [5, 5.41) is 12.7. The van der Waals surface area contributed by atoms with Crippen molar-refractivity contribution < 1.29 is 14.6 Å². The van der Waals surface area contributed by atoms with E-state index in [-0.39, 0.29) is 16.7 Å². The van der Waals surface area contributed by atoms with Crippen LogP contribution < -0.4 is 5.32 Å². The number of hydrogen-bond donors (Lipinski definition) is 2.